The molecule has 0 bridgehead atoms. The molecule has 0 spiro atoms. The van der Waals surface area contributed by atoms with Crippen molar-refractivity contribution in [2.45, 2.75) is 44.6 Å². The zero-order chi connectivity index (χ0) is 16.8. The van der Waals surface area contributed by atoms with Crippen LogP contribution in [0, 0.1) is 5.92 Å². The van der Waals surface area contributed by atoms with Crippen molar-refractivity contribution in [1.82, 2.24) is 14.6 Å². The van der Waals surface area contributed by atoms with E-state index in [1.165, 1.54) is 43.0 Å². The van der Waals surface area contributed by atoms with Gasteiger partial charge in [0.05, 0.1) is 10.9 Å². The van der Waals surface area contributed by atoms with E-state index in [-0.39, 0.29) is 5.56 Å². The molecule has 0 radical (unpaired) electrons. The van der Waals surface area contributed by atoms with Crippen molar-refractivity contribution in [3.63, 3.8) is 0 Å². The fourth-order valence-electron chi connectivity index (χ4n) is 4.69. The molecule has 3 heterocycles. The molecule has 25 heavy (non-hydrogen) atoms. The van der Waals surface area contributed by atoms with Crippen LogP contribution < -0.4 is 10.5 Å². The third kappa shape index (κ3) is 2.41. The van der Waals surface area contributed by atoms with Crippen LogP contribution in [0.3, 0.4) is 0 Å². The first-order chi connectivity index (χ1) is 12.3. The summed E-state index contributed by atoms with van der Waals surface area (Å²) < 4.78 is 1.48. The minimum Gasteiger partial charge on any atom is -0.352 e. The first-order valence-corrected chi connectivity index (χ1v) is 9.37. The molecule has 5 nitrogen and oxygen atoms in total. The minimum absolute atomic E-state index is 0.0837. The predicted molar refractivity (Wildman–Crippen MR) is 99.1 cm³/mol. The fraction of sp³-hybridized carbons (Fsp3) is 0.450. The Hall–Kier alpha value is -2.43. The van der Waals surface area contributed by atoms with E-state index >= 15 is 0 Å². The maximum Gasteiger partial charge on any atom is 0.282 e. The Balaban J connectivity index is 1.63. The zero-order valence-corrected chi connectivity index (χ0v) is 14.3. The van der Waals surface area contributed by atoms with Crippen molar-refractivity contribution in [2.24, 2.45) is 5.92 Å². The largest absolute Gasteiger partial charge is 0.352 e. The second-order valence-electron chi connectivity index (χ2n) is 7.34. The van der Waals surface area contributed by atoms with Crippen LogP contribution in [0.4, 0.5) is 5.82 Å². The number of piperidine rings is 1. The molecule has 2 atom stereocenters. The Kier molecular flexibility index (Phi) is 3.47. The van der Waals surface area contributed by atoms with Crippen LogP contribution in [-0.2, 0) is 0 Å². The monoisotopic (exact) mass is 334 g/mol. The molecule has 5 heteroatoms. The maximum absolute atomic E-state index is 12.8. The number of aromatic nitrogens is 3. The van der Waals surface area contributed by atoms with Crippen molar-refractivity contribution in [2.75, 3.05) is 11.4 Å². The van der Waals surface area contributed by atoms with Crippen molar-refractivity contribution >= 4 is 22.4 Å². The number of nitrogens with zero attached hydrogens (tertiary/aromatic N) is 4. The quantitative estimate of drug-likeness (QED) is 0.640. The normalized spacial score (nSPS) is 23.8. The lowest BCUT2D eigenvalue weighted by Gasteiger charge is -2.44. The van der Waals surface area contributed by atoms with Crippen LogP contribution in [0.5, 0.6) is 0 Å². The highest BCUT2D eigenvalue weighted by Gasteiger charge is 2.34. The molecule has 0 amide bonds. The van der Waals surface area contributed by atoms with E-state index in [1.807, 2.05) is 36.4 Å². The van der Waals surface area contributed by atoms with Gasteiger partial charge in [-0.15, -0.1) is 5.10 Å². The van der Waals surface area contributed by atoms with E-state index in [0.717, 1.165) is 23.8 Å². The van der Waals surface area contributed by atoms with Crippen LogP contribution in [-0.4, -0.2) is 27.2 Å². The highest BCUT2D eigenvalue weighted by atomic mass is 16.1. The Morgan fingerprint density at radius 1 is 0.960 bits per heavy atom. The Bertz CT molecular complexity index is 994. The third-order valence-corrected chi connectivity index (χ3v) is 5.90. The van der Waals surface area contributed by atoms with Gasteiger partial charge in [-0.3, -0.25) is 4.79 Å². The summed E-state index contributed by atoms with van der Waals surface area (Å²) in [5.74, 6) is 1.70. The minimum atomic E-state index is -0.0837. The second kappa shape index (κ2) is 5.83. The molecular weight excluding hydrogens is 312 g/mol. The van der Waals surface area contributed by atoms with Crippen LogP contribution in [0.2, 0.25) is 0 Å². The Morgan fingerprint density at radius 2 is 1.80 bits per heavy atom. The van der Waals surface area contributed by atoms with Crippen molar-refractivity contribution in [3.8, 4) is 0 Å². The van der Waals surface area contributed by atoms with E-state index in [1.54, 1.807) is 0 Å². The van der Waals surface area contributed by atoms with Gasteiger partial charge in [0.2, 0.25) is 0 Å². The molecule has 1 saturated heterocycles. The van der Waals surface area contributed by atoms with Gasteiger partial charge in [0.15, 0.2) is 5.65 Å². The molecule has 5 rings (SSSR count). The standard InChI is InChI=1S/C20H22N4O/c25-20-15-8-2-3-9-16(15)21-18-11-12-19(22-24(18)20)23-13-5-7-14-6-1-4-10-17(14)23/h2-3,8-9,11-12,14,17H,1,4-7,10,13H2. The number of fused-ring (bicyclic) bond motifs is 3. The van der Waals surface area contributed by atoms with Gasteiger partial charge in [-0.25, -0.2) is 4.98 Å². The summed E-state index contributed by atoms with van der Waals surface area (Å²) in [4.78, 5) is 19.9. The summed E-state index contributed by atoms with van der Waals surface area (Å²) >= 11 is 0. The van der Waals surface area contributed by atoms with Crippen molar-refractivity contribution < 1.29 is 0 Å². The molecule has 2 unspecified atom stereocenters. The van der Waals surface area contributed by atoms with Gasteiger partial charge in [-0.05, 0) is 55.9 Å². The smallest absolute Gasteiger partial charge is 0.282 e. The highest BCUT2D eigenvalue weighted by Crippen LogP contribution is 2.37. The summed E-state index contributed by atoms with van der Waals surface area (Å²) in [5.41, 5.74) is 1.26. The molecule has 1 aliphatic carbocycles. The maximum atomic E-state index is 12.8. The molecule has 3 aromatic rings. The lowest BCUT2D eigenvalue weighted by molar-refractivity contribution is 0.242. The summed E-state index contributed by atoms with van der Waals surface area (Å²) in [7, 11) is 0. The predicted octanol–water partition coefficient (Wildman–Crippen LogP) is 3.40. The van der Waals surface area contributed by atoms with Gasteiger partial charge >= 0.3 is 0 Å². The average molecular weight is 334 g/mol. The lowest BCUT2D eigenvalue weighted by atomic mass is 9.78. The molecular formula is C20H22N4O. The van der Waals surface area contributed by atoms with Gasteiger partial charge in [-0.2, -0.15) is 4.52 Å². The van der Waals surface area contributed by atoms with Crippen molar-refractivity contribution in [3.05, 3.63) is 46.8 Å². The van der Waals surface area contributed by atoms with Crippen LogP contribution in [0.25, 0.3) is 16.6 Å². The van der Waals surface area contributed by atoms with Crippen molar-refractivity contribution in [1.29, 1.82) is 0 Å². The Morgan fingerprint density at radius 3 is 2.76 bits per heavy atom. The molecule has 2 aliphatic rings. The zero-order valence-electron chi connectivity index (χ0n) is 14.3. The van der Waals surface area contributed by atoms with Gasteiger partial charge in [0, 0.05) is 12.6 Å². The number of benzene rings is 1. The molecule has 2 fully saturated rings. The SMILES string of the molecule is O=c1c2ccccc2nc2ccc(N3CCCC4CCCCC43)nn12. The number of hydrogen-bond acceptors (Lipinski definition) is 4. The summed E-state index contributed by atoms with van der Waals surface area (Å²) in [6, 6.07) is 12.0. The lowest BCUT2D eigenvalue weighted by Crippen LogP contribution is -2.47. The summed E-state index contributed by atoms with van der Waals surface area (Å²) in [6.07, 6.45) is 7.79. The second-order valence-corrected chi connectivity index (χ2v) is 7.34. The topological polar surface area (TPSA) is 50.5 Å². The molecule has 1 saturated carbocycles. The molecule has 128 valence electrons. The first kappa shape index (κ1) is 14.9. The summed E-state index contributed by atoms with van der Waals surface area (Å²) in [5, 5.41) is 5.33. The van der Waals surface area contributed by atoms with E-state index in [4.69, 9.17) is 5.10 Å². The van der Waals surface area contributed by atoms with Gasteiger partial charge in [0.25, 0.3) is 5.56 Å². The average Bonchev–Trinajstić information content (AvgIpc) is 2.68. The highest BCUT2D eigenvalue weighted by molar-refractivity contribution is 5.79. The van der Waals surface area contributed by atoms with Crippen LogP contribution in [0.1, 0.15) is 38.5 Å². The van der Waals surface area contributed by atoms with E-state index in [0.29, 0.717) is 17.1 Å². The van der Waals surface area contributed by atoms with E-state index in [9.17, 15) is 4.79 Å². The first-order valence-electron chi connectivity index (χ1n) is 9.37. The number of hydrogen-bond donors (Lipinski definition) is 0. The van der Waals surface area contributed by atoms with Crippen LogP contribution in [0.15, 0.2) is 41.2 Å². The van der Waals surface area contributed by atoms with Gasteiger partial charge in [-0.1, -0.05) is 25.0 Å². The Labute approximate surface area is 146 Å². The number of anilines is 1. The van der Waals surface area contributed by atoms with Crippen LogP contribution >= 0.6 is 0 Å². The summed E-state index contributed by atoms with van der Waals surface area (Å²) in [6.45, 7) is 1.04. The number of rotatable bonds is 1. The van der Waals surface area contributed by atoms with Gasteiger partial charge in [0.1, 0.15) is 5.82 Å². The third-order valence-electron chi connectivity index (χ3n) is 5.90. The fourth-order valence-corrected chi connectivity index (χ4v) is 4.69. The molecule has 2 aromatic heterocycles. The van der Waals surface area contributed by atoms with E-state index in [2.05, 4.69) is 9.88 Å². The molecule has 1 aromatic carbocycles. The molecule has 0 N–H and O–H groups in total. The molecule has 1 aliphatic heterocycles. The van der Waals surface area contributed by atoms with Gasteiger partial charge < -0.3 is 4.90 Å². The van der Waals surface area contributed by atoms with E-state index < -0.39 is 0 Å². The number of para-hydroxylation sites is 1.